The zero-order valence-electron chi connectivity index (χ0n) is 13.8. The summed E-state index contributed by atoms with van der Waals surface area (Å²) in [5.41, 5.74) is 0.565. The Labute approximate surface area is 132 Å². The lowest BCUT2D eigenvalue weighted by molar-refractivity contribution is -0.121. The van der Waals surface area contributed by atoms with Crippen molar-refractivity contribution in [2.45, 2.75) is 52.2 Å². The summed E-state index contributed by atoms with van der Waals surface area (Å²) in [6.07, 6.45) is 0.491. The van der Waals surface area contributed by atoms with Gasteiger partial charge in [-0.25, -0.2) is 4.79 Å². The Hall–Kier alpha value is -2.04. The average Bonchev–Trinajstić information content (AvgIpc) is 2.42. The van der Waals surface area contributed by atoms with Crippen LogP contribution in [0.1, 0.15) is 52.1 Å². The molecule has 0 aliphatic heterocycles. The van der Waals surface area contributed by atoms with E-state index in [-0.39, 0.29) is 11.9 Å². The van der Waals surface area contributed by atoms with E-state index in [2.05, 4.69) is 10.6 Å². The number of hydrogen-bond donors (Lipinski definition) is 2. The maximum absolute atomic E-state index is 11.8. The molecular weight excluding hydrogens is 280 g/mol. The van der Waals surface area contributed by atoms with Gasteiger partial charge >= 0.3 is 6.09 Å². The Bertz CT molecular complexity index is 480. The van der Waals surface area contributed by atoms with Crippen LogP contribution in [0.15, 0.2) is 30.3 Å². The van der Waals surface area contributed by atoms with Gasteiger partial charge in [-0.1, -0.05) is 30.3 Å². The van der Waals surface area contributed by atoms with Crippen molar-refractivity contribution in [3.8, 4) is 0 Å². The van der Waals surface area contributed by atoms with Gasteiger partial charge < -0.3 is 15.4 Å². The number of amides is 2. The summed E-state index contributed by atoms with van der Waals surface area (Å²) in [5.74, 6) is -0.0256. The van der Waals surface area contributed by atoms with Gasteiger partial charge in [0.05, 0.1) is 6.04 Å². The van der Waals surface area contributed by atoms with Crippen molar-refractivity contribution in [2.75, 3.05) is 6.54 Å². The molecule has 1 atom stereocenters. The Morgan fingerprint density at radius 2 is 1.82 bits per heavy atom. The summed E-state index contributed by atoms with van der Waals surface area (Å²) >= 11 is 0. The first kappa shape index (κ1) is 18.0. The zero-order valence-corrected chi connectivity index (χ0v) is 13.8. The highest BCUT2D eigenvalue weighted by molar-refractivity contribution is 5.76. The van der Waals surface area contributed by atoms with Gasteiger partial charge in [-0.05, 0) is 39.7 Å². The Morgan fingerprint density at radius 1 is 1.18 bits per heavy atom. The quantitative estimate of drug-likeness (QED) is 0.793. The van der Waals surface area contributed by atoms with Gasteiger partial charge in [0, 0.05) is 13.0 Å². The molecule has 5 nitrogen and oxygen atoms in total. The molecule has 0 saturated carbocycles. The standard InChI is InChI=1S/C17H26N2O3/c1-13(14-9-6-5-7-10-14)19-15(20)11-8-12-18-16(21)22-17(2,3)4/h5-7,9-10,13H,8,11-12H2,1-4H3,(H,18,21)(H,19,20)/t13-/m1/s1. The van der Waals surface area contributed by atoms with E-state index in [4.69, 9.17) is 4.74 Å². The van der Waals surface area contributed by atoms with Crippen LogP contribution >= 0.6 is 0 Å². The van der Waals surface area contributed by atoms with Crippen LogP contribution in [0.5, 0.6) is 0 Å². The molecule has 0 aromatic heterocycles. The molecule has 0 aliphatic carbocycles. The van der Waals surface area contributed by atoms with Crippen molar-refractivity contribution < 1.29 is 14.3 Å². The minimum absolute atomic E-state index is 0.0208. The van der Waals surface area contributed by atoms with Crippen molar-refractivity contribution >= 4 is 12.0 Å². The largest absolute Gasteiger partial charge is 0.444 e. The van der Waals surface area contributed by atoms with E-state index in [1.807, 2.05) is 58.0 Å². The summed E-state index contributed by atoms with van der Waals surface area (Å²) in [6, 6.07) is 9.78. The summed E-state index contributed by atoms with van der Waals surface area (Å²) in [6.45, 7) is 7.80. The number of ether oxygens (including phenoxy) is 1. The summed E-state index contributed by atoms with van der Waals surface area (Å²) in [5, 5.41) is 5.58. The predicted octanol–water partition coefficient (Wildman–Crippen LogP) is 3.17. The molecule has 0 saturated heterocycles. The third-order valence-corrected chi connectivity index (χ3v) is 2.93. The minimum Gasteiger partial charge on any atom is -0.444 e. The molecule has 22 heavy (non-hydrogen) atoms. The smallest absolute Gasteiger partial charge is 0.407 e. The average molecular weight is 306 g/mol. The number of hydrogen-bond acceptors (Lipinski definition) is 3. The molecule has 0 unspecified atom stereocenters. The third-order valence-electron chi connectivity index (χ3n) is 2.93. The van der Waals surface area contributed by atoms with E-state index in [1.54, 1.807) is 0 Å². The number of rotatable bonds is 6. The van der Waals surface area contributed by atoms with Crippen LogP contribution in [0.2, 0.25) is 0 Å². The molecule has 0 fully saturated rings. The van der Waals surface area contributed by atoms with E-state index in [9.17, 15) is 9.59 Å². The number of alkyl carbamates (subject to hydrolysis) is 1. The number of carbonyl (C=O) groups is 2. The highest BCUT2D eigenvalue weighted by Crippen LogP contribution is 2.11. The first-order valence-electron chi connectivity index (χ1n) is 7.59. The van der Waals surface area contributed by atoms with Crippen molar-refractivity contribution in [3.05, 3.63) is 35.9 Å². The van der Waals surface area contributed by atoms with Crippen molar-refractivity contribution in [2.24, 2.45) is 0 Å². The number of benzene rings is 1. The second kappa shape index (κ2) is 8.41. The van der Waals surface area contributed by atoms with E-state index >= 15 is 0 Å². The van der Waals surface area contributed by atoms with Crippen LogP contribution in [0.3, 0.4) is 0 Å². The molecule has 2 N–H and O–H groups in total. The molecule has 1 rings (SSSR count). The summed E-state index contributed by atoms with van der Waals surface area (Å²) < 4.78 is 5.12. The summed E-state index contributed by atoms with van der Waals surface area (Å²) in [7, 11) is 0. The fraction of sp³-hybridized carbons (Fsp3) is 0.529. The zero-order chi connectivity index (χ0) is 16.6. The molecule has 0 spiro atoms. The molecule has 2 amide bonds. The lowest BCUT2D eigenvalue weighted by Gasteiger charge is -2.19. The SMILES string of the molecule is C[C@@H](NC(=O)CCCNC(=O)OC(C)(C)C)c1ccccc1. The van der Waals surface area contributed by atoms with Crippen molar-refractivity contribution in [1.29, 1.82) is 0 Å². The van der Waals surface area contributed by atoms with Crippen LogP contribution in [0.4, 0.5) is 4.79 Å². The Morgan fingerprint density at radius 3 is 2.41 bits per heavy atom. The molecule has 0 radical (unpaired) electrons. The number of nitrogens with one attached hydrogen (secondary N) is 2. The van der Waals surface area contributed by atoms with Crippen molar-refractivity contribution in [3.63, 3.8) is 0 Å². The van der Waals surface area contributed by atoms with Crippen LogP contribution in [0.25, 0.3) is 0 Å². The van der Waals surface area contributed by atoms with Gasteiger partial charge in [0.25, 0.3) is 0 Å². The van der Waals surface area contributed by atoms with E-state index in [1.165, 1.54) is 0 Å². The maximum atomic E-state index is 11.8. The van der Waals surface area contributed by atoms with Gasteiger partial charge in [-0.3, -0.25) is 4.79 Å². The van der Waals surface area contributed by atoms with Crippen LogP contribution < -0.4 is 10.6 Å². The molecule has 122 valence electrons. The van der Waals surface area contributed by atoms with Gasteiger partial charge in [0.1, 0.15) is 5.60 Å². The lowest BCUT2D eigenvalue weighted by Crippen LogP contribution is -2.33. The van der Waals surface area contributed by atoms with Crippen LogP contribution in [-0.2, 0) is 9.53 Å². The van der Waals surface area contributed by atoms with Gasteiger partial charge in [-0.2, -0.15) is 0 Å². The van der Waals surface area contributed by atoms with Gasteiger partial charge in [0.15, 0.2) is 0 Å². The normalized spacial score (nSPS) is 12.4. The third kappa shape index (κ3) is 7.67. The minimum atomic E-state index is -0.507. The number of carbonyl (C=O) groups excluding carboxylic acids is 2. The molecule has 5 heteroatoms. The molecule has 1 aromatic rings. The van der Waals surface area contributed by atoms with E-state index in [0.29, 0.717) is 19.4 Å². The first-order valence-corrected chi connectivity index (χ1v) is 7.59. The highest BCUT2D eigenvalue weighted by Gasteiger charge is 2.15. The summed E-state index contributed by atoms with van der Waals surface area (Å²) in [4.78, 5) is 23.3. The molecule has 0 aliphatic rings. The second-order valence-electron chi connectivity index (χ2n) is 6.23. The molecular formula is C17H26N2O3. The maximum Gasteiger partial charge on any atom is 0.407 e. The van der Waals surface area contributed by atoms with Gasteiger partial charge in [0.2, 0.25) is 5.91 Å². The highest BCUT2D eigenvalue weighted by atomic mass is 16.6. The van der Waals surface area contributed by atoms with Crippen molar-refractivity contribution in [1.82, 2.24) is 10.6 Å². The van der Waals surface area contributed by atoms with E-state index < -0.39 is 11.7 Å². The lowest BCUT2D eigenvalue weighted by atomic mass is 10.1. The monoisotopic (exact) mass is 306 g/mol. The Balaban J connectivity index is 2.20. The molecule has 0 bridgehead atoms. The van der Waals surface area contributed by atoms with E-state index in [0.717, 1.165) is 5.56 Å². The molecule has 1 aromatic carbocycles. The van der Waals surface area contributed by atoms with Crippen LogP contribution in [0, 0.1) is 0 Å². The topological polar surface area (TPSA) is 67.4 Å². The van der Waals surface area contributed by atoms with Gasteiger partial charge in [-0.15, -0.1) is 0 Å². The first-order chi connectivity index (χ1) is 10.3. The predicted molar refractivity (Wildman–Crippen MR) is 86.5 cm³/mol. The fourth-order valence-corrected chi connectivity index (χ4v) is 1.89. The fourth-order valence-electron chi connectivity index (χ4n) is 1.89. The second-order valence-corrected chi connectivity index (χ2v) is 6.23. The molecule has 0 heterocycles. The van der Waals surface area contributed by atoms with Crippen LogP contribution in [-0.4, -0.2) is 24.1 Å². The Kier molecular flexibility index (Phi) is 6.89.